The van der Waals surface area contributed by atoms with Gasteiger partial charge in [-0.1, -0.05) is 0 Å². The van der Waals surface area contributed by atoms with E-state index >= 15 is 0 Å². The van der Waals surface area contributed by atoms with Crippen molar-refractivity contribution in [2.45, 2.75) is 25.3 Å². The number of hydrogen-bond acceptors (Lipinski definition) is 4. The Hall–Kier alpha value is -1.91. The second kappa shape index (κ2) is 4.89. The van der Waals surface area contributed by atoms with E-state index in [2.05, 4.69) is 0 Å². The number of nitrogens with zero attached hydrogens (tertiary/aromatic N) is 1. The highest BCUT2D eigenvalue weighted by molar-refractivity contribution is 5.83. The van der Waals surface area contributed by atoms with Crippen LogP contribution in [-0.2, 0) is 11.2 Å². The van der Waals surface area contributed by atoms with Gasteiger partial charge in [-0.2, -0.15) is 0 Å². The fourth-order valence-electron chi connectivity index (χ4n) is 3.37. The molecule has 0 N–H and O–H groups in total. The Balaban J connectivity index is 2.22. The van der Waals surface area contributed by atoms with Crippen LogP contribution in [0.15, 0.2) is 6.07 Å². The molecule has 0 radical (unpaired) electrons. The molecular weight excluding hydrogens is 258 g/mol. The first kappa shape index (κ1) is 13.1. The minimum absolute atomic E-state index is 0.112. The lowest BCUT2D eigenvalue weighted by atomic mass is 9.90. The quantitative estimate of drug-likeness (QED) is 0.847. The molecule has 108 valence electrons. The van der Waals surface area contributed by atoms with Gasteiger partial charge in [0.2, 0.25) is 11.7 Å². The first-order valence-corrected chi connectivity index (χ1v) is 6.82. The summed E-state index contributed by atoms with van der Waals surface area (Å²) < 4.78 is 16.4. The summed E-state index contributed by atoms with van der Waals surface area (Å²) in [5.41, 5.74) is 2.08. The summed E-state index contributed by atoms with van der Waals surface area (Å²) in [6.07, 6.45) is 2.42. The molecule has 1 aromatic carbocycles. The third-order valence-corrected chi connectivity index (χ3v) is 4.20. The molecular formula is C15H19NO4. The van der Waals surface area contributed by atoms with Crippen LogP contribution in [0.1, 0.15) is 30.0 Å². The summed E-state index contributed by atoms with van der Waals surface area (Å²) >= 11 is 0. The molecule has 5 nitrogen and oxygen atoms in total. The Labute approximate surface area is 118 Å². The van der Waals surface area contributed by atoms with Crippen LogP contribution in [0, 0.1) is 0 Å². The van der Waals surface area contributed by atoms with Crippen molar-refractivity contribution >= 4 is 5.91 Å². The maximum absolute atomic E-state index is 12.2. The summed E-state index contributed by atoms with van der Waals surface area (Å²) in [7, 11) is 4.83. The molecule has 2 aliphatic rings. The van der Waals surface area contributed by atoms with E-state index in [1.165, 1.54) is 0 Å². The summed E-state index contributed by atoms with van der Waals surface area (Å²) in [5.74, 6) is 2.11. The lowest BCUT2D eigenvalue weighted by Crippen LogP contribution is -2.36. The highest BCUT2D eigenvalue weighted by atomic mass is 16.5. The maximum atomic E-state index is 12.2. The first-order valence-electron chi connectivity index (χ1n) is 6.82. The Morgan fingerprint density at radius 1 is 1.15 bits per heavy atom. The Bertz CT molecular complexity index is 555. The highest BCUT2D eigenvalue weighted by Gasteiger charge is 2.39. The number of benzene rings is 1. The van der Waals surface area contributed by atoms with Crippen LogP contribution in [0.4, 0.5) is 0 Å². The number of carbonyl (C=O) groups excluding carboxylic acids is 1. The molecule has 5 heteroatoms. The highest BCUT2D eigenvalue weighted by Crippen LogP contribution is 2.50. The molecule has 1 amide bonds. The zero-order chi connectivity index (χ0) is 14.3. The number of fused-ring (bicyclic) bond motifs is 3. The van der Waals surface area contributed by atoms with Crippen molar-refractivity contribution in [1.29, 1.82) is 0 Å². The van der Waals surface area contributed by atoms with Crippen LogP contribution in [0.25, 0.3) is 0 Å². The standard InChI is InChI=1S/C15H19NO4/c1-18-11-7-9-8-12(17)16-6-4-5-10(16)13(9)15(20-3)14(11)19-2/h7,10H,4-6,8H2,1-3H3. The SMILES string of the molecule is COc1cc2c(c(OC)c1OC)C1CCCN1C(=O)C2. The van der Waals surface area contributed by atoms with Crippen LogP contribution in [0.3, 0.4) is 0 Å². The van der Waals surface area contributed by atoms with E-state index < -0.39 is 0 Å². The van der Waals surface area contributed by atoms with E-state index in [0.717, 1.165) is 30.5 Å². The van der Waals surface area contributed by atoms with E-state index in [-0.39, 0.29) is 11.9 Å². The van der Waals surface area contributed by atoms with Crippen molar-refractivity contribution in [2.24, 2.45) is 0 Å². The van der Waals surface area contributed by atoms with Crippen LogP contribution >= 0.6 is 0 Å². The largest absolute Gasteiger partial charge is 0.493 e. The van der Waals surface area contributed by atoms with Gasteiger partial charge in [0.15, 0.2) is 11.5 Å². The number of amides is 1. The van der Waals surface area contributed by atoms with Gasteiger partial charge in [-0.05, 0) is 24.5 Å². The predicted molar refractivity (Wildman–Crippen MR) is 73.5 cm³/mol. The van der Waals surface area contributed by atoms with E-state index in [0.29, 0.717) is 23.7 Å². The van der Waals surface area contributed by atoms with Crippen molar-refractivity contribution < 1.29 is 19.0 Å². The van der Waals surface area contributed by atoms with Gasteiger partial charge in [0.05, 0.1) is 33.8 Å². The molecule has 1 aromatic rings. The Morgan fingerprint density at radius 2 is 1.90 bits per heavy atom. The van der Waals surface area contributed by atoms with Gasteiger partial charge in [-0.25, -0.2) is 0 Å². The minimum Gasteiger partial charge on any atom is -0.493 e. The van der Waals surface area contributed by atoms with Crippen LogP contribution < -0.4 is 14.2 Å². The fraction of sp³-hybridized carbons (Fsp3) is 0.533. The van der Waals surface area contributed by atoms with Gasteiger partial charge in [-0.3, -0.25) is 4.79 Å². The molecule has 1 unspecified atom stereocenters. The zero-order valence-corrected chi connectivity index (χ0v) is 12.1. The summed E-state index contributed by atoms with van der Waals surface area (Å²) in [6.45, 7) is 0.834. The topological polar surface area (TPSA) is 48.0 Å². The third-order valence-electron chi connectivity index (χ3n) is 4.20. The Morgan fingerprint density at radius 3 is 2.55 bits per heavy atom. The molecule has 1 fully saturated rings. The third kappa shape index (κ3) is 1.72. The second-order valence-electron chi connectivity index (χ2n) is 5.14. The Kier molecular flexibility index (Phi) is 3.20. The maximum Gasteiger partial charge on any atom is 0.227 e. The number of carbonyl (C=O) groups is 1. The summed E-state index contributed by atoms with van der Waals surface area (Å²) in [5, 5.41) is 0. The zero-order valence-electron chi connectivity index (χ0n) is 12.1. The average molecular weight is 277 g/mol. The van der Waals surface area contributed by atoms with Gasteiger partial charge in [0.1, 0.15) is 0 Å². The van der Waals surface area contributed by atoms with E-state index in [9.17, 15) is 4.79 Å². The summed E-state index contributed by atoms with van der Waals surface area (Å²) in [6, 6.07) is 2.02. The van der Waals surface area contributed by atoms with Crippen molar-refractivity contribution in [1.82, 2.24) is 4.90 Å². The van der Waals surface area contributed by atoms with Gasteiger partial charge in [0, 0.05) is 12.1 Å². The number of rotatable bonds is 3. The van der Waals surface area contributed by atoms with Gasteiger partial charge in [0.25, 0.3) is 0 Å². The van der Waals surface area contributed by atoms with Gasteiger partial charge < -0.3 is 19.1 Å². The molecule has 0 saturated carbocycles. The number of hydrogen-bond donors (Lipinski definition) is 0. The molecule has 0 spiro atoms. The van der Waals surface area contributed by atoms with E-state index in [1.807, 2.05) is 11.0 Å². The normalized spacial score (nSPS) is 20.4. The van der Waals surface area contributed by atoms with Crippen molar-refractivity contribution in [3.63, 3.8) is 0 Å². The monoisotopic (exact) mass is 277 g/mol. The molecule has 1 saturated heterocycles. The van der Waals surface area contributed by atoms with Crippen LogP contribution in [0.2, 0.25) is 0 Å². The lowest BCUT2D eigenvalue weighted by molar-refractivity contribution is -0.132. The number of ether oxygens (including phenoxy) is 3. The van der Waals surface area contributed by atoms with E-state index in [4.69, 9.17) is 14.2 Å². The van der Waals surface area contributed by atoms with Gasteiger partial charge in [-0.15, -0.1) is 0 Å². The summed E-state index contributed by atoms with van der Waals surface area (Å²) in [4.78, 5) is 14.2. The average Bonchev–Trinajstić information content (AvgIpc) is 2.95. The first-order chi connectivity index (χ1) is 9.71. The molecule has 0 aliphatic carbocycles. The minimum atomic E-state index is 0.112. The molecule has 3 rings (SSSR count). The molecule has 20 heavy (non-hydrogen) atoms. The fourth-order valence-corrected chi connectivity index (χ4v) is 3.37. The molecule has 1 atom stereocenters. The van der Waals surface area contributed by atoms with Crippen molar-refractivity contribution in [2.75, 3.05) is 27.9 Å². The van der Waals surface area contributed by atoms with Crippen LogP contribution in [-0.4, -0.2) is 38.7 Å². The van der Waals surface area contributed by atoms with Gasteiger partial charge >= 0.3 is 0 Å². The lowest BCUT2D eigenvalue weighted by Gasteiger charge is -2.33. The van der Waals surface area contributed by atoms with Crippen molar-refractivity contribution in [3.8, 4) is 17.2 Å². The molecule has 2 heterocycles. The number of methoxy groups -OCH3 is 3. The molecule has 2 aliphatic heterocycles. The van der Waals surface area contributed by atoms with Crippen molar-refractivity contribution in [3.05, 3.63) is 17.2 Å². The smallest absolute Gasteiger partial charge is 0.227 e. The second-order valence-corrected chi connectivity index (χ2v) is 5.14. The predicted octanol–water partition coefficient (Wildman–Crippen LogP) is 1.93. The van der Waals surface area contributed by atoms with E-state index in [1.54, 1.807) is 21.3 Å². The molecule has 0 aromatic heterocycles. The van der Waals surface area contributed by atoms with Crippen LogP contribution in [0.5, 0.6) is 17.2 Å². The molecule has 0 bridgehead atoms.